The Hall–Kier alpha value is -1.12. The zero-order valence-corrected chi connectivity index (χ0v) is 7.21. The van der Waals surface area contributed by atoms with Crippen LogP contribution in [0.4, 0.5) is 0 Å². The molecule has 3 nitrogen and oxygen atoms in total. The van der Waals surface area contributed by atoms with Gasteiger partial charge in [0.15, 0.2) is 0 Å². The lowest BCUT2D eigenvalue weighted by molar-refractivity contribution is 0.600. The van der Waals surface area contributed by atoms with Crippen molar-refractivity contribution in [2.45, 2.75) is 32.7 Å². The first kappa shape index (κ1) is 7.53. The number of hydrogen-bond acceptors (Lipinski definition) is 2. The van der Waals surface area contributed by atoms with Crippen LogP contribution < -0.4 is 5.56 Å². The summed E-state index contributed by atoms with van der Waals surface area (Å²) in [5, 5.41) is 4.28. The Morgan fingerprint density at radius 1 is 1.58 bits per heavy atom. The van der Waals surface area contributed by atoms with Gasteiger partial charge in [0.05, 0.1) is 5.69 Å². The molecule has 1 aliphatic rings. The quantitative estimate of drug-likeness (QED) is 0.614. The smallest absolute Gasteiger partial charge is 0.267 e. The van der Waals surface area contributed by atoms with Crippen molar-refractivity contribution >= 4 is 0 Å². The Morgan fingerprint density at radius 2 is 2.42 bits per heavy atom. The lowest BCUT2D eigenvalue weighted by atomic mass is 10.2. The molecule has 0 radical (unpaired) electrons. The molecule has 0 N–H and O–H groups in total. The standard InChI is InChI=1S/C9H12N2O/c1-2-11-9(12)6-7-4-3-5-8(7)10-11/h6H,2-5H2,1H3. The molecule has 0 bridgehead atoms. The van der Waals surface area contributed by atoms with Gasteiger partial charge in [0.25, 0.3) is 5.56 Å². The molecule has 3 heteroatoms. The highest BCUT2D eigenvalue weighted by molar-refractivity contribution is 5.22. The largest absolute Gasteiger partial charge is 0.268 e. The number of hydrogen-bond donors (Lipinski definition) is 0. The van der Waals surface area contributed by atoms with Crippen LogP contribution in [0.25, 0.3) is 0 Å². The monoisotopic (exact) mass is 164 g/mol. The van der Waals surface area contributed by atoms with Gasteiger partial charge in [-0.25, -0.2) is 4.68 Å². The van der Waals surface area contributed by atoms with Crippen molar-refractivity contribution in [2.75, 3.05) is 0 Å². The van der Waals surface area contributed by atoms with E-state index in [0.717, 1.165) is 30.5 Å². The van der Waals surface area contributed by atoms with E-state index < -0.39 is 0 Å². The van der Waals surface area contributed by atoms with E-state index in [-0.39, 0.29) is 5.56 Å². The topological polar surface area (TPSA) is 34.9 Å². The van der Waals surface area contributed by atoms with Gasteiger partial charge in [-0.1, -0.05) is 0 Å². The first-order valence-corrected chi connectivity index (χ1v) is 4.41. The second kappa shape index (κ2) is 2.73. The highest BCUT2D eigenvalue weighted by Gasteiger charge is 2.13. The van der Waals surface area contributed by atoms with E-state index in [4.69, 9.17) is 0 Å². The van der Waals surface area contributed by atoms with Crippen LogP contribution in [0, 0.1) is 0 Å². The summed E-state index contributed by atoms with van der Waals surface area (Å²) in [6.45, 7) is 2.61. The summed E-state index contributed by atoms with van der Waals surface area (Å²) in [5.41, 5.74) is 2.32. The fraction of sp³-hybridized carbons (Fsp3) is 0.556. The molecule has 0 atom stereocenters. The first-order valence-electron chi connectivity index (χ1n) is 4.41. The van der Waals surface area contributed by atoms with Gasteiger partial charge in [-0.3, -0.25) is 4.79 Å². The van der Waals surface area contributed by atoms with E-state index in [1.807, 2.05) is 6.92 Å². The molecule has 2 rings (SSSR count). The Kier molecular flexibility index (Phi) is 1.71. The lowest BCUT2D eigenvalue weighted by Gasteiger charge is -2.02. The maximum atomic E-state index is 11.3. The van der Waals surface area contributed by atoms with Crippen LogP contribution >= 0.6 is 0 Å². The number of nitrogens with zero attached hydrogens (tertiary/aromatic N) is 2. The maximum absolute atomic E-state index is 11.3. The van der Waals surface area contributed by atoms with Crippen LogP contribution in [-0.4, -0.2) is 9.78 Å². The van der Waals surface area contributed by atoms with Crippen LogP contribution in [0.15, 0.2) is 10.9 Å². The van der Waals surface area contributed by atoms with E-state index in [1.165, 1.54) is 4.68 Å². The predicted octanol–water partition coefficient (Wildman–Crippen LogP) is 0.752. The van der Waals surface area contributed by atoms with Crippen molar-refractivity contribution in [1.29, 1.82) is 0 Å². The molecule has 0 aromatic carbocycles. The van der Waals surface area contributed by atoms with Crippen molar-refractivity contribution in [2.24, 2.45) is 0 Å². The van der Waals surface area contributed by atoms with E-state index in [2.05, 4.69) is 5.10 Å². The minimum absolute atomic E-state index is 0.0400. The van der Waals surface area contributed by atoms with E-state index in [9.17, 15) is 4.79 Å². The number of aryl methyl sites for hydroxylation is 3. The minimum atomic E-state index is 0.0400. The Balaban J connectivity index is 2.57. The normalized spacial score (nSPS) is 14.8. The molecule has 0 saturated heterocycles. The lowest BCUT2D eigenvalue weighted by Crippen LogP contribution is -2.22. The Morgan fingerprint density at radius 3 is 3.17 bits per heavy atom. The molecule has 64 valence electrons. The molecule has 0 fully saturated rings. The molecule has 1 heterocycles. The number of rotatable bonds is 1. The molecule has 12 heavy (non-hydrogen) atoms. The third-order valence-electron chi connectivity index (χ3n) is 2.32. The van der Waals surface area contributed by atoms with Gasteiger partial charge < -0.3 is 0 Å². The van der Waals surface area contributed by atoms with E-state index in [1.54, 1.807) is 6.07 Å². The molecule has 0 unspecified atom stereocenters. The molecular weight excluding hydrogens is 152 g/mol. The van der Waals surface area contributed by atoms with Crippen LogP contribution in [0.2, 0.25) is 0 Å². The van der Waals surface area contributed by atoms with Crippen LogP contribution in [0.1, 0.15) is 24.6 Å². The third-order valence-corrected chi connectivity index (χ3v) is 2.32. The zero-order valence-electron chi connectivity index (χ0n) is 7.21. The minimum Gasteiger partial charge on any atom is -0.268 e. The van der Waals surface area contributed by atoms with Gasteiger partial charge in [0, 0.05) is 12.6 Å². The van der Waals surface area contributed by atoms with Gasteiger partial charge in [0.2, 0.25) is 0 Å². The van der Waals surface area contributed by atoms with Crippen molar-refractivity contribution in [3.05, 3.63) is 27.7 Å². The molecule has 0 saturated carbocycles. The maximum Gasteiger partial charge on any atom is 0.267 e. The summed E-state index contributed by atoms with van der Waals surface area (Å²) in [5.74, 6) is 0. The molecule has 1 aliphatic carbocycles. The fourth-order valence-corrected chi connectivity index (χ4v) is 1.67. The van der Waals surface area contributed by atoms with E-state index >= 15 is 0 Å². The van der Waals surface area contributed by atoms with Gasteiger partial charge in [-0.15, -0.1) is 0 Å². The van der Waals surface area contributed by atoms with Gasteiger partial charge >= 0.3 is 0 Å². The van der Waals surface area contributed by atoms with Crippen molar-refractivity contribution in [1.82, 2.24) is 9.78 Å². The first-order chi connectivity index (χ1) is 5.81. The molecule has 1 aromatic heterocycles. The van der Waals surface area contributed by atoms with Crippen molar-refractivity contribution in [3.8, 4) is 0 Å². The van der Waals surface area contributed by atoms with Gasteiger partial charge in [-0.2, -0.15) is 5.10 Å². The van der Waals surface area contributed by atoms with Crippen LogP contribution in [0.3, 0.4) is 0 Å². The average molecular weight is 164 g/mol. The number of aromatic nitrogens is 2. The second-order valence-electron chi connectivity index (χ2n) is 3.12. The molecule has 1 aromatic rings. The molecular formula is C9H12N2O. The zero-order chi connectivity index (χ0) is 8.55. The summed E-state index contributed by atoms with van der Waals surface area (Å²) in [7, 11) is 0. The van der Waals surface area contributed by atoms with E-state index in [0.29, 0.717) is 6.54 Å². The van der Waals surface area contributed by atoms with Gasteiger partial charge in [-0.05, 0) is 31.7 Å². The molecule has 0 amide bonds. The van der Waals surface area contributed by atoms with Crippen LogP contribution in [-0.2, 0) is 19.4 Å². The van der Waals surface area contributed by atoms with Crippen molar-refractivity contribution < 1.29 is 0 Å². The Labute approximate surface area is 71.0 Å². The Bertz CT molecular complexity index is 354. The van der Waals surface area contributed by atoms with Crippen LogP contribution in [0.5, 0.6) is 0 Å². The van der Waals surface area contributed by atoms with Gasteiger partial charge in [0.1, 0.15) is 0 Å². The summed E-state index contributed by atoms with van der Waals surface area (Å²) in [6.07, 6.45) is 3.22. The third kappa shape index (κ3) is 1.05. The predicted molar refractivity (Wildman–Crippen MR) is 46.2 cm³/mol. The molecule has 0 aliphatic heterocycles. The second-order valence-corrected chi connectivity index (χ2v) is 3.12. The summed E-state index contributed by atoms with van der Waals surface area (Å²) in [4.78, 5) is 11.3. The fourth-order valence-electron chi connectivity index (χ4n) is 1.67. The SMILES string of the molecule is CCn1nc2c(cc1=O)CCC2. The highest BCUT2D eigenvalue weighted by Crippen LogP contribution is 2.16. The highest BCUT2D eigenvalue weighted by atomic mass is 16.1. The number of fused-ring (bicyclic) bond motifs is 1. The average Bonchev–Trinajstić information content (AvgIpc) is 2.49. The summed E-state index contributed by atoms with van der Waals surface area (Å²) < 4.78 is 1.53. The summed E-state index contributed by atoms with van der Waals surface area (Å²) in [6, 6.07) is 1.73. The molecule has 0 spiro atoms. The summed E-state index contributed by atoms with van der Waals surface area (Å²) >= 11 is 0. The van der Waals surface area contributed by atoms with Crippen molar-refractivity contribution in [3.63, 3.8) is 0 Å².